The fourth-order valence-corrected chi connectivity index (χ4v) is 9.91. The molecule has 0 aliphatic carbocycles. The van der Waals surface area contributed by atoms with E-state index in [1.807, 2.05) is 37.3 Å². The van der Waals surface area contributed by atoms with E-state index in [4.69, 9.17) is 16.3 Å². The molecule has 44 heavy (non-hydrogen) atoms. The third kappa shape index (κ3) is 5.33. The number of ether oxygens (including phenoxy) is 1. The molecule has 3 fully saturated rings. The molecule has 8 nitrogen and oxygen atoms in total. The van der Waals surface area contributed by atoms with Crippen LogP contribution in [0.2, 0.25) is 5.02 Å². The van der Waals surface area contributed by atoms with Crippen molar-refractivity contribution in [1.29, 1.82) is 0 Å². The number of para-hydroxylation sites is 1. The van der Waals surface area contributed by atoms with Crippen molar-refractivity contribution in [2.24, 2.45) is 11.8 Å². The van der Waals surface area contributed by atoms with Gasteiger partial charge in [0.2, 0.25) is 11.8 Å². The highest BCUT2D eigenvalue weighted by atomic mass is 35.5. The minimum Gasteiger partial charge on any atom is -0.494 e. The summed E-state index contributed by atoms with van der Waals surface area (Å²) in [5.74, 6) is -1.27. The Kier molecular flexibility index (Phi) is 9.49. The number of hydrogen-bond donors (Lipinski definition) is 1. The number of likely N-dealkylation sites (tertiary alicyclic amines) is 1. The number of thioether (sulfide) groups is 1. The summed E-state index contributed by atoms with van der Waals surface area (Å²) in [6.07, 6.45) is 4.95. The van der Waals surface area contributed by atoms with Gasteiger partial charge >= 0.3 is 0 Å². The van der Waals surface area contributed by atoms with Crippen LogP contribution in [0.5, 0.6) is 5.75 Å². The van der Waals surface area contributed by atoms with Crippen LogP contribution in [-0.4, -0.2) is 76.1 Å². The molecule has 3 saturated heterocycles. The molecule has 5 atom stereocenters. The summed E-state index contributed by atoms with van der Waals surface area (Å²) in [4.78, 5) is 48.7. The maximum atomic E-state index is 14.7. The Morgan fingerprint density at radius 3 is 2.41 bits per heavy atom. The number of benzene rings is 2. The lowest BCUT2D eigenvalue weighted by Gasteiger charge is -2.38. The molecule has 0 saturated carbocycles. The molecular weight excluding hydrogens is 598 g/mol. The van der Waals surface area contributed by atoms with Gasteiger partial charge in [0, 0.05) is 36.7 Å². The van der Waals surface area contributed by atoms with Crippen molar-refractivity contribution in [3.8, 4) is 5.75 Å². The highest BCUT2D eigenvalue weighted by Crippen LogP contribution is 2.71. The number of amides is 3. The van der Waals surface area contributed by atoms with Gasteiger partial charge in [-0.05, 0) is 69.5 Å². The number of aliphatic hydroxyl groups is 1. The van der Waals surface area contributed by atoms with Crippen LogP contribution in [0.15, 0.2) is 73.8 Å². The van der Waals surface area contributed by atoms with Crippen molar-refractivity contribution < 1.29 is 24.2 Å². The zero-order valence-corrected chi connectivity index (χ0v) is 26.9. The summed E-state index contributed by atoms with van der Waals surface area (Å²) in [5, 5.41) is 10.1. The second-order valence-corrected chi connectivity index (χ2v) is 14.0. The molecule has 2 aromatic carbocycles. The van der Waals surface area contributed by atoms with E-state index in [1.165, 1.54) is 0 Å². The van der Waals surface area contributed by atoms with Crippen LogP contribution in [0.1, 0.15) is 33.1 Å². The third-order valence-electron chi connectivity index (χ3n) is 9.09. The molecule has 3 aliphatic heterocycles. The van der Waals surface area contributed by atoms with Crippen molar-refractivity contribution in [3.63, 3.8) is 0 Å². The van der Waals surface area contributed by atoms with Gasteiger partial charge in [-0.2, -0.15) is 0 Å². The first kappa shape index (κ1) is 32.1. The highest BCUT2D eigenvalue weighted by Gasteiger charge is 2.77. The molecule has 3 aliphatic rings. The summed E-state index contributed by atoms with van der Waals surface area (Å²) in [6.45, 7) is 12.8. The van der Waals surface area contributed by atoms with Gasteiger partial charge in [-0.25, -0.2) is 0 Å². The van der Waals surface area contributed by atoms with Gasteiger partial charge in [0.25, 0.3) is 5.91 Å². The molecule has 1 N–H and O–H groups in total. The Bertz CT molecular complexity index is 1440. The first-order valence-electron chi connectivity index (χ1n) is 15.1. The van der Waals surface area contributed by atoms with Crippen LogP contribution in [0.3, 0.4) is 0 Å². The van der Waals surface area contributed by atoms with E-state index in [0.717, 1.165) is 0 Å². The minimum absolute atomic E-state index is 0.124. The number of anilines is 2. The monoisotopic (exact) mass is 637 g/mol. The molecule has 2 bridgehead atoms. The van der Waals surface area contributed by atoms with Crippen molar-refractivity contribution >= 4 is 52.5 Å². The first-order chi connectivity index (χ1) is 21.2. The molecule has 1 spiro atoms. The summed E-state index contributed by atoms with van der Waals surface area (Å²) < 4.78 is 4.24. The van der Waals surface area contributed by atoms with Gasteiger partial charge in [0.1, 0.15) is 11.8 Å². The molecule has 234 valence electrons. The molecule has 5 rings (SSSR count). The average Bonchev–Trinajstić information content (AvgIpc) is 3.58. The molecule has 10 heteroatoms. The van der Waals surface area contributed by atoms with E-state index in [1.54, 1.807) is 56.8 Å². The Morgan fingerprint density at radius 2 is 1.77 bits per heavy atom. The zero-order valence-electron chi connectivity index (χ0n) is 25.3. The number of carbonyl (C=O) groups is 3. The van der Waals surface area contributed by atoms with Crippen molar-refractivity contribution in [3.05, 3.63) is 78.9 Å². The van der Waals surface area contributed by atoms with Crippen molar-refractivity contribution in [2.45, 2.75) is 48.6 Å². The summed E-state index contributed by atoms with van der Waals surface area (Å²) in [5.41, 5.74) is 1.23. The van der Waals surface area contributed by atoms with Gasteiger partial charge in [0.15, 0.2) is 0 Å². The van der Waals surface area contributed by atoms with Crippen LogP contribution in [0.4, 0.5) is 11.4 Å². The van der Waals surface area contributed by atoms with E-state index < -0.39 is 27.4 Å². The fraction of sp³-hybridized carbons (Fsp3) is 0.441. The molecule has 2 unspecified atom stereocenters. The van der Waals surface area contributed by atoms with E-state index in [2.05, 4.69) is 20.1 Å². The third-order valence-corrected chi connectivity index (χ3v) is 11.4. The fourth-order valence-electron chi connectivity index (χ4n) is 7.33. The maximum absolute atomic E-state index is 14.7. The molecular formula is C34H40ClN3O5S. The lowest BCUT2D eigenvalue weighted by molar-refractivity contribution is -0.139. The smallest absolute Gasteiger partial charge is 0.251 e. The average molecular weight is 638 g/mol. The lowest BCUT2D eigenvalue weighted by Crippen LogP contribution is -2.55. The zero-order chi connectivity index (χ0) is 31.6. The second kappa shape index (κ2) is 13.0. The van der Waals surface area contributed by atoms with E-state index >= 15 is 0 Å². The second-order valence-electron chi connectivity index (χ2n) is 11.7. The highest BCUT2D eigenvalue weighted by molar-refractivity contribution is 8.02. The molecule has 0 radical (unpaired) electrons. The van der Waals surface area contributed by atoms with Gasteiger partial charge in [-0.15, -0.1) is 24.9 Å². The van der Waals surface area contributed by atoms with Gasteiger partial charge < -0.3 is 24.5 Å². The topological polar surface area (TPSA) is 90.4 Å². The largest absolute Gasteiger partial charge is 0.494 e. The number of carbonyl (C=O) groups excluding carboxylic acids is 3. The van der Waals surface area contributed by atoms with Gasteiger partial charge in [-0.1, -0.05) is 35.9 Å². The number of rotatable bonds is 13. The number of fused-ring (bicyclic) bond motifs is 1. The lowest BCUT2D eigenvalue weighted by atomic mass is 9.66. The van der Waals surface area contributed by atoms with Crippen LogP contribution >= 0.6 is 23.4 Å². The maximum Gasteiger partial charge on any atom is 0.251 e. The molecule has 3 heterocycles. The minimum atomic E-state index is -0.828. The van der Waals surface area contributed by atoms with Gasteiger partial charge in [0.05, 0.1) is 33.9 Å². The Morgan fingerprint density at radius 1 is 1.09 bits per heavy atom. The molecule has 2 aromatic rings. The molecule has 0 aromatic heterocycles. The van der Waals surface area contributed by atoms with E-state index in [9.17, 15) is 19.5 Å². The standard InChI is InChI=1S/C34H40ClN3O5S/c1-5-19-36(23-13-15-24(16-14-23)43-7-3)30(40)27-28-31(41)38(21-10-22-39)29(34(28)18-17-33(27,4)44-34)32(42)37(20-6-2)26-12-9-8-11-25(26)35/h5-6,8-9,11-16,27-29,39H,1-2,7,10,17-22H2,3-4H3/t27-,28-,29?,33+,34?/m0/s1. The number of aliphatic hydroxyl groups excluding tert-OH is 1. The van der Waals surface area contributed by atoms with Crippen molar-refractivity contribution in [1.82, 2.24) is 4.90 Å². The van der Waals surface area contributed by atoms with Crippen LogP contribution in [-0.2, 0) is 14.4 Å². The van der Waals surface area contributed by atoms with Crippen LogP contribution < -0.4 is 14.5 Å². The Balaban J connectivity index is 1.57. The first-order valence-corrected chi connectivity index (χ1v) is 16.3. The number of nitrogens with zero attached hydrogens (tertiary/aromatic N) is 3. The summed E-state index contributed by atoms with van der Waals surface area (Å²) >= 11 is 8.18. The van der Waals surface area contributed by atoms with E-state index in [0.29, 0.717) is 48.0 Å². The van der Waals surface area contributed by atoms with Crippen LogP contribution in [0.25, 0.3) is 0 Å². The predicted molar refractivity (Wildman–Crippen MR) is 176 cm³/mol. The molecule has 3 amide bonds. The summed E-state index contributed by atoms with van der Waals surface area (Å²) in [7, 11) is 0. The number of hydrogen-bond acceptors (Lipinski definition) is 6. The quantitative estimate of drug-likeness (QED) is 0.298. The normalized spacial score (nSPS) is 26.8. The Labute approximate surface area is 268 Å². The summed E-state index contributed by atoms with van der Waals surface area (Å²) in [6, 6.07) is 13.6. The van der Waals surface area contributed by atoms with Crippen LogP contribution in [0, 0.1) is 11.8 Å². The SMILES string of the molecule is C=CCN(C(=O)[C@@H]1[C@H]2C(=O)N(CCCO)C(C(=O)N(CC=C)c3ccccc3Cl)C23CC[C@@]1(C)S3)c1ccc(OCC)cc1. The van der Waals surface area contributed by atoms with Crippen molar-refractivity contribution in [2.75, 3.05) is 42.6 Å². The Hall–Kier alpha value is -3.27. The van der Waals surface area contributed by atoms with E-state index in [-0.39, 0.29) is 44.0 Å². The predicted octanol–water partition coefficient (Wildman–Crippen LogP) is 5.34. The van der Waals surface area contributed by atoms with Gasteiger partial charge in [-0.3, -0.25) is 14.4 Å². The number of halogens is 1.